The number of pyridine rings is 1. The molecule has 2 rings (SSSR count). The van der Waals surface area contributed by atoms with E-state index in [-0.39, 0.29) is 0 Å². The Balaban J connectivity index is 2.00. The molecule has 1 N–H and O–H groups in total. The molecule has 0 aliphatic carbocycles. The average Bonchev–Trinajstić information content (AvgIpc) is 2.75. The summed E-state index contributed by atoms with van der Waals surface area (Å²) in [5, 5.41) is 9.60. The van der Waals surface area contributed by atoms with Crippen molar-refractivity contribution in [1.82, 2.24) is 9.88 Å². The molecule has 0 saturated carbocycles. The fourth-order valence-corrected chi connectivity index (χ4v) is 2.56. The summed E-state index contributed by atoms with van der Waals surface area (Å²) in [7, 11) is 4.25. The molecule has 4 nitrogen and oxygen atoms in total. The van der Waals surface area contributed by atoms with Crippen LogP contribution < -0.4 is 4.90 Å². The summed E-state index contributed by atoms with van der Waals surface area (Å²) >= 11 is 0. The van der Waals surface area contributed by atoms with E-state index in [1.54, 1.807) is 13.1 Å². The van der Waals surface area contributed by atoms with Gasteiger partial charge < -0.3 is 14.9 Å². The lowest BCUT2D eigenvalue weighted by atomic mass is 10.1. The molecule has 0 amide bonds. The summed E-state index contributed by atoms with van der Waals surface area (Å²) in [5.41, 5.74) is 0.926. The molecule has 2 atom stereocenters. The topological polar surface area (TPSA) is 39.6 Å². The third kappa shape index (κ3) is 3.21. The Morgan fingerprint density at radius 2 is 2.39 bits per heavy atom. The largest absolute Gasteiger partial charge is 0.389 e. The minimum Gasteiger partial charge on any atom is -0.389 e. The number of likely N-dealkylation sites (tertiary alicyclic amines) is 1. The fourth-order valence-electron chi connectivity index (χ4n) is 2.56. The summed E-state index contributed by atoms with van der Waals surface area (Å²) in [6, 6.07) is 3.84. The Kier molecular flexibility index (Phi) is 4.19. The molecule has 2 heterocycles. The van der Waals surface area contributed by atoms with E-state index >= 15 is 0 Å². The van der Waals surface area contributed by atoms with Crippen LogP contribution in [0.2, 0.25) is 0 Å². The molecular weight excluding hydrogens is 226 g/mol. The van der Waals surface area contributed by atoms with Gasteiger partial charge in [0, 0.05) is 26.3 Å². The van der Waals surface area contributed by atoms with Gasteiger partial charge in [0.1, 0.15) is 5.82 Å². The van der Waals surface area contributed by atoms with Crippen LogP contribution in [0, 0.1) is 5.92 Å². The quantitative estimate of drug-likeness (QED) is 0.878. The van der Waals surface area contributed by atoms with Gasteiger partial charge in [-0.1, -0.05) is 0 Å². The summed E-state index contributed by atoms with van der Waals surface area (Å²) in [6.45, 7) is 5.17. The van der Waals surface area contributed by atoms with Gasteiger partial charge in [0.25, 0.3) is 0 Å². The number of hydrogen-bond acceptors (Lipinski definition) is 4. The third-order valence-electron chi connectivity index (χ3n) is 3.66. The van der Waals surface area contributed by atoms with Crippen LogP contribution in [0.5, 0.6) is 0 Å². The summed E-state index contributed by atoms with van der Waals surface area (Å²) in [6.07, 6.45) is 2.60. The van der Waals surface area contributed by atoms with Crippen molar-refractivity contribution in [3.05, 3.63) is 23.9 Å². The van der Waals surface area contributed by atoms with Gasteiger partial charge in [0.15, 0.2) is 0 Å². The van der Waals surface area contributed by atoms with Crippen LogP contribution in [0.3, 0.4) is 0 Å². The summed E-state index contributed by atoms with van der Waals surface area (Å²) in [4.78, 5) is 8.95. The number of hydrogen-bond donors (Lipinski definition) is 1. The lowest BCUT2D eigenvalue weighted by Crippen LogP contribution is -2.27. The molecule has 4 heteroatoms. The van der Waals surface area contributed by atoms with E-state index in [4.69, 9.17) is 0 Å². The van der Waals surface area contributed by atoms with Crippen molar-refractivity contribution in [2.45, 2.75) is 19.4 Å². The van der Waals surface area contributed by atoms with E-state index in [9.17, 15) is 5.11 Å². The highest BCUT2D eigenvalue weighted by molar-refractivity contribution is 5.40. The van der Waals surface area contributed by atoms with Gasteiger partial charge >= 0.3 is 0 Å². The van der Waals surface area contributed by atoms with Crippen LogP contribution >= 0.6 is 0 Å². The molecule has 100 valence electrons. The van der Waals surface area contributed by atoms with Gasteiger partial charge in [-0.15, -0.1) is 0 Å². The zero-order valence-corrected chi connectivity index (χ0v) is 11.5. The predicted molar refractivity (Wildman–Crippen MR) is 73.7 cm³/mol. The van der Waals surface area contributed by atoms with Crippen molar-refractivity contribution in [2.24, 2.45) is 5.92 Å². The number of aromatic nitrogens is 1. The number of aliphatic hydroxyl groups is 1. The van der Waals surface area contributed by atoms with E-state index in [1.807, 2.05) is 12.1 Å². The maximum Gasteiger partial charge on any atom is 0.128 e. The molecule has 0 bridgehead atoms. The van der Waals surface area contributed by atoms with Gasteiger partial charge in [0.2, 0.25) is 0 Å². The molecule has 2 unspecified atom stereocenters. The molecule has 18 heavy (non-hydrogen) atoms. The lowest BCUT2D eigenvalue weighted by Gasteiger charge is -2.22. The average molecular weight is 249 g/mol. The molecule has 1 aliphatic heterocycles. The SMILES string of the molecule is CC(O)c1ccnc(N(C)CC2CCN(C)C2)c1. The standard InChI is InChI=1S/C14H23N3O/c1-11(18)13-4-6-15-14(8-13)17(3)10-12-5-7-16(2)9-12/h4,6,8,11-12,18H,5,7,9-10H2,1-3H3. The number of anilines is 1. The number of nitrogens with zero attached hydrogens (tertiary/aromatic N) is 3. The number of aliphatic hydroxyl groups excluding tert-OH is 1. The maximum absolute atomic E-state index is 9.60. The Labute approximate surface area is 109 Å². The van der Waals surface area contributed by atoms with Crippen LogP contribution in [0.1, 0.15) is 25.0 Å². The smallest absolute Gasteiger partial charge is 0.128 e. The van der Waals surface area contributed by atoms with Crippen molar-refractivity contribution >= 4 is 5.82 Å². The normalized spacial score (nSPS) is 22.1. The number of rotatable bonds is 4. The highest BCUT2D eigenvalue weighted by atomic mass is 16.3. The Hall–Kier alpha value is -1.13. The van der Waals surface area contributed by atoms with E-state index in [1.165, 1.54) is 19.5 Å². The van der Waals surface area contributed by atoms with Crippen LogP contribution in [-0.2, 0) is 0 Å². The van der Waals surface area contributed by atoms with Crippen molar-refractivity contribution in [1.29, 1.82) is 0 Å². The van der Waals surface area contributed by atoms with Gasteiger partial charge in [-0.05, 0) is 50.6 Å². The van der Waals surface area contributed by atoms with Crippen LogP contribution in [0.15, 0.2) is 18.3 Å². The van der Waals surface area contributed by atoms with Gasteiger partial charge in [-0.25, -0.2) is 4.98 Å². The van der Waals surface area contributed by atoms with Crippen molar-refractivity contribution in [3.8, 4) is 0 Å². The monoisotopic (exact) mass is 249 g/mol. The van der Waals surface area contributed by atoms with Gasteiger partial charge in [-0.2, -0.15) is 0 Å². The molecule has 0 spiro atoms. The van der Waals surface area contributed by atoms with Crippen LogP contribution in [0.25, 0.3) is 0 Å². The van der Waals surface area contributed by atoms with Crippen molar-refractivity contribution in [2.75, 3.05) is 38.6 Å². The molecule has 0 radical (unpaired) electrons. The minimum absolute atomic E-state index is 0.433. The Bertz CT molecular complexity index is 394. The maximum atomic E-state index is 9.60. The Morgan fingerprint density at radius 1 is 1.61 bits per heavy atom. The van der Waals surface area contributed by atoms with Gasteiger partial charge in [0.05, 0.1) is 6.10 Å². The summed E-state index contributed by atoms with van der Waals surface area (Å²) < 4.78 is 0. The summed E-state index contributed by atoms with van der Waals surface area (Å²) in [5.74, 6) is 1.67. The molecule has 1 aromatic rings. The molecular formula is C14H23N3O. The lowest BCUT2D eigenvalue weighted by molar-refractivity contribution is 0.199. The highest BCUT2D eigenvalue weighted by Crippen LogP contribution is 2.20. The Morgan fingerprint density at radius 3 is 3.00 bits per heavy atom. The zero-order valence-electron chi connectivity index (χ0n) is 11.5. The van der Waals surface area contributed by atoms with Crippen molar-refractivity contribution in [3.63, 3.8) is 0 Å². The van der Waals surface area contributed by atoms with E-state index in [2.05, 4.69) is 28.9 Å². The predicted octanol–water partition coefficient (Wildman–Crippen LogP) is 1.52. The third-order valence-corrected chi connectivity index (χ3v) is 3.66. The molecule has 1 aromatic heterocycles. The molecule has 0 aromatic carbocycles. The minimum atomic E-state index is -0.433. The highest BCUT2D eigenvalue weighted by Gasteiger charge is 2.21. The van der Waals surface area contributed by atoms with Crippen molar-refractivity contribution < 1.29 is 5.11 Å². The fraction of sp³-hybridized carbons (Fsp3) is 0.643. The first-order chi connectivity index (χ1) is 8.56. The van der Waals surface area contributed by atoms with Gasteiger partial charge in [-0.3, -0.25) is 0 Å². The second kappa shape index (κ2) is 5.67. The van der Waals surface area contributed by atoms with E-state index < -0.39 is 6.10 Å². The van der Waals surface area contributed by atoms with E-state index in [0.29, 0.717) is 0 Å². The first-order valence-corrected chi connectivity index (χ1v) is 6.60. The van der Waals surface area contributed by atoms with Crippen LogP contribution in [-0.4, -0.2) is 48.7 Å². The second-order valence-electron chi connectivity index (χ2n) is 5.42. The second-order valence-corrected chi connectivity index (χ2v) is 5.42. The van der Waals surface area contributed by atoms with Crippen LogP contribution in [0.4, 0.5) is 5.82 Å². The first kappa shape index (κ1) is 13.3. The zero-order chi connectivity index (χ0) is 13.1. The molecule has 1 saturated heterocycles. The first-order valence-electron chi connectivity index (χ1n) is 6.60. The van der Waals surface area contributed by atoms with E-state index in [0.717, 1.165) is 23.8 Å². The molecule has 1 fully saturated rings. The molecule has 1 aliphatic rings.